The Bertz CT molecular complexity index is 558. The fourth-order valence-corrected chi connectivity index (χ4v) is 2.41. The number of hydrogen-bond acceptors (Lipinski definition) is 1. The number of halogens is 2. The number of rotatable bonds is 6. The summed E-state index contributed by atoms with van der Waals surface area (Å²) in [6.07, 6.45) is 2.98. The molecule has 1 N–H and O–H groups in total. The van der Waals surface area contributed by atoms with Crippen LogP contribution < -0.4 is 5.32 Å². The van der Waals surface area contributed by atoms with Gasteiger partial charge in [-0.1, -0.05) is 44.0 Å². The van der Waals surface area contributed by atoms with Crippen LogP contribution >= 0.6 is 0 Å². The third kappa shape index (κ3) is 4.03. The molecule has 0 aliphatic rings. The van der Waals surface area contributed by atoms with Crippen molar-refractivity contribution >= 4 is 5.69 Å². The maximum Gasteiger partial charge on any atom is 0.146 e. The van der Waals surface area contributed by atoms with E-state index in [4.69, 9.17) is 0 Å². The number of unbranched alkanes of at least 4 members (excludes halogenated alkanes) is 1. The lowest BCUT2D eigenvalue weighted by molar-refractivity contribution is 0.602. The van der Waals surface area contributed by atoms with E-state index in [-0.39, 0.29) is 17.7 Å². The fraction of sp³-hybridized carbons (Fsp3) is 0.333. The van der Waals surface area contributed by atoms with Crippen molar-refractivity contribution in [1.29, 1.82) is 0 Å². The Morgan fingerprint density at radius 1 is 1.05 bits per heavy atom. The minimum atomic E-state index is -0.255. The lowest BCUT2D eigenvalue weighted by Gasteiger charge is -2.22. The normalized spacial score (nSPS) is 12.2. The van der Waals surface area contributed by atoms with Crippen molar-refractivity contribution in [2.45, 2.75) is 39.2 Å². The molecule has 0 bridgehead atoms. The molecule has 0 radical (unpaired) electrons. The lowest BCUT2D eigenvalue weighted by atomic mass is 10.00. The van der Waals surface area contributed by atoms with Gasteiger partial charge >= 0.3 is 0 Å². The third-order valence-corrected chi connectivity index (χ3v) is 3.66. The summed E-state index contributed by atoms with van der Waals surface area (Å²) < 4.78 is 27.1. The summed E-state index contributed by atoms with van der Waals surface area (Å²) in [6, 6.07) is 11.5. The molecular formula is C18H21F2N. The second kappa shape index (κ2) is 7.21. The predicted octanol–water partition coefficient (Wildman–Crippen LogP) is 5.62. The van der Waals surface area contributed by atoms with Crippen LogP contribution in [0.5, 0.6) is 0 Å². The highest BCUT2D eigenvalue weighted by atomic mass is 19.1. The average molecular weight is 289 g/mol. The smallest absolute Gasteiger partial charge is 0.146 e. The molecular weight excluding hydrogens is 268 g/mol. The molecule has 0 saturated carbocycles. The molecule has 0 aliphatic heterocycles. The van der Waals surface area contributed by atoms with E-state index in [0.717, 1.165) is 30.4 Å². The highest BCUT2D eigenvalue weighted by molar-refractivity contribution is 5.53. The molecule has 0 spiro atoms. The van der Waals surface area contributed by atoms with E-state index in [1.54, 1.807) is 18.2 Å². The standard InChI is InChI=1S/C18H21F2N/c1-3-4-8-17(14-9-11-15(19)12-10-14)21-18-13(2)6-5-7-16(18)20/h5-7,9-12,17,21H,3-4,8H2,1-2H3. The molecule has 112 valence electrons. The highest BCUT2D eigenvalue weighted by Crippen LogP contribution is 2.28. The van der Waals surface area contributed by atoms with Crippen molar-refractivity contribution in [2.75, 3.05) is 5.32 Å². The summed E-state index contributed by atoms with van der Waals surface area (Å²) >= 11 is 0. The quantitative estimate of drug-likeness (QED) is 0.728. The Morgan fingerprint density at radius 2 is 1.76 bits per heavy atom. The van der Waals surface area contributed by atoms with Crippen LogP contribution in [0, 0.1) is 18.6 Å². The van der Waals surface area contributed by atoms with Gasteiger partial charge in [-0.2, -0.15) is 0 Å². The largest absolute Gasteiger partial charge is 0.376 e. The number of aryl methyl sites for hydroxylation is 1. The first-order valence-electron chi connectivity index (χ1n) is 7.39. The molecule has 0 saturated heterocycles. The van der Waals surface area contributed by atoms with E-state index in [1.807, 2.05) is 13.0 Å². The lowest BCUT2D eigenvalue weighted by Crippen LogP contribution is -2.13. The molecule has 0 aromatic heterocycles. The zero-order valence-corrected chi connectivity index (χ0v) is 12.5. The van der Waals surface area contributed by atoms with Crippen LogP contribution in [0.2, 0.25) is 0 Å². The number of nitrogens with one attached hydrogen (secondary N) is 1. The van der Waals surface area contributed by atoms with E-state index < -0.39 is 0 Å². The van der Waals surface area contributed by atoms with Gasteiger partial charge in [-0.3, -0.25) is 0 Å². The number of anilines is 1. The summed E-state index contributed by atoms with van der Waals surface area (Å²) in [5.74, 6) is -0.506. The number of hydrogen-bond donors (Lipinski definition) is 1. The van der Waals surface area contributed by atoms with Gasteiger partial charge in [0.2, 0.25) is 0 Å². The summed E-state index contributed by atoms with van der Waals surface area (Å²) in [4.78, 5) is 0. The Balaban J connectivity index is 2.26. The Labute approximate surface area is 125 Å². The zero-order chi connectivity index (χ0) is 15.2. The molecule has 2 rings (SSSR count). The molecule has 0 aliphatic carbocycles. The minimum Gasteiger partial charge on any atom is -0.376 e. The monoisotopic (exact) mass is 289 g/mol. The van der Waals surface area contributed by atoms with Crippen molar-refractivity contribution < 1.29 is 8.78 Å². The first-order valence-corrected chi connectivity index (χ1v) is 7.39. The third-order valence-electron chi connectivity index (χ3n) is 3.66. The second-order valence-electron chi connectivity index (χ2n) is 5.32. The van der Waals surface area contributed by atoms with E-state index in [9.17, 15) is 8.78 Å². The van der Waals surface area contributed by atoms with E-state index in [0.29, 0.717) is 5.69 Å². The molecule has 1 nitrogen and oxygen atoms in total. The van der Waals surface area contributed by atoms with Crippen LogP contribution in [0.3, 0.4) is 0 Å². The molecule has 0 amide bonds. The summed E-state index contributed by atoms with van der Waals surface area (Å²) in [7, 11) is 0. The van der Waals surface area contributed by atoms with Crippen molar-refractivity contribution in [2.24, 2.45) is 0 Å². The van der Waals surface area contributed by atoms with Gasteiger partial charge in [0.25, 0.3) is 0 Å². The molecule has 0 heterocycles. The van der Waals surface area contributed by atoms with Crippen LogP contribution in [0.4, 0.5) is 14.5 Å². The second-order valence-corrected chi connectivity index (χ2v) is 5.32. The zero-order valence-electron chi connectivity index (χ0n) is 12.5. The van der Waals surface area contributed by atoms with E-state index in [2.05, 4.69) is 12.2 Å². The van der Waals surface area contributed by atoms with Crippen molar-refractivity contribution in [3.05, 3.63) is 65.2 Å². The molecule has 2 aromatic rings. The summed E-state index contributed by atoms with van der Waals surface area (Å²) in [5.41, 5.74) is 2.38. The molecule has 0 fully saturated rings. The van der Waals surface area contributed by atoms with Gasteiger partial charge in [0.15, 0.2) is 0 Å². The van der Waals surface area contributed by atoms with Crippen molar-refractivity contribution in [1.82, 2.24) is 0 Å². The number of benzene rings is 2. The Hall–Kier alpha value is -1.90. The summed E-state index contributed by atoms with van der Waals surface area (Å²) in [5, 5.41) is 3.29. The Morgan fingerprint density at radius 3 is 2.38 bits per heavy atom. The predicted molar refractivity (Wildman–Crippen MR) is 83.4 cm³/mol. The minimum absolute atomic E-state index is 0.0128. The fourth-order valence-electron chi connectivity index (χ4n) is 2.41. The highest BCUT2D eigenvalue weighted by Gasteiger charge is 2.14. The van der Waals surface area contributed by atoms with E-state index >= 15 is 0 Å². The van der Waals surface area contributed by atoms with Crippen LogP contribution in [0.15, 0.2) is 42.5 Å². The first kappa shape index (κ1) is 15.5. The summed E-state index contributed by atoms with van der Waals surface area (Å²) in [6.45, 7) is 4.00. The van der Waals surface area contributed by atoms with E-state index in [1.165, 1.54) is 18.2 Å². The van der Waals surface area contributed by atoms with Gasteiger partial charge in [0, 0.05) is 0 Å². The SMILES string of the molecule is CCCCC(Nc1c(C)cccc1F)c1ccc(F)cc1. The Kier molecular flexibility index (Phi) is 5.32. The van der Waals surface area contributed by atoms with Gasteiger partial charge in [-0.25, -0.2) is 8.78 Å². The molecule has 1 unspecified atom stereocenters. The molecule has 21 heavy (non-hydrogen) atoms. The van der Waals surface area contributed by atoms with Crippen LogP contribution in [-0.4, -0.2) is 0 Å². The molecule has 3 heteroatoms. The maximum absolute atomic E-state index is 14.0. The van der Waals surface area contributed by atoms with Crippen LogP contribution in [0.25, 0.3) is 0 Å². The maximum atomic E-state index is 14.0. The molecule has 1 atom stereocenters. The molecule has 2 aromatic carbocycles. The van der Waals surface area contributed by atoms with Crippen molar-refractivity contribution in [3.8, 4) is 0 Å². The van der Waals surface area contributed by atoms with Gasteiger partial charge < -0.3 is 5.32 Å². The number of para-hydroxylation sites is 1. The van der Waals surface area contributed by atoms with Gasteiger partial charge in [-0.15, -0.1) is 0 Å². The van der Waals surface area contributed by atoms with Crippen molar-refractivity contribution in [3.63, 3.8) is 0 Å². The first-order chi connectivity index (χ1) is 10.1. The van der Waals surface area contributed by atoms with Gasteiger partial charge in [-0.05, 0) is 42.7 Å². The average Bonchev–Trinajstić information content (AvgIpc) is 2.47. The van der Waals surface area contributed by atoms with Crippen LogP contribution in [-0.2, 0) is 0 Å². The van der Waals surface area contributed by atoms with Gasteiger partial charge in [0.1, 0.15) is 11.6 Å². The van der Waals surface area contributed by atoms with Crippen LogP contribution in [0.1, 0.15) is 43.4 Å². The topological polar surface area (TPSA) is 12.0 Å². The van der Waals surface area contributed by atoms with Gasteiger partial charge in [0.05, 0.1) is 11.7 Å².